The third-order valence-electron chi connectivity index (χ3n) is 2.57. The first kappa shape index (κ1) is 11.3. The van der Waals surface area contributed by atoms with Crippen LogP contribution in [-0.2, 0) is 0 Å². The van der Waals surface area contributed by atoms with Gasteiger partial charge >= 0.3 is 5.91 Å². The fourth-order valence-corrected chi connectivity index (χ4v) is 1.66. The first-order valence-electron chi connectivity index (χ1n) is 5.67. The van der Waals surface area contributed by atoms with Gasteiger partial charge in [0.2, 0.25) is 0 Å². The van der Waals surface area contributed by atoms with Crippen molar-refractivity contribution < 1.29 is 13.6 Å². The predicted octanol–water partition coefficient (Wildman–Crippen LogP) is 2.79. The van der Waals surface area contributed by atoms with Gasteiger partial charge in [-0.15, -0.1) is 0 Å². The SMILES string of the molecule is O=C(N/N=C/c1ccoc1)c1cc2ccccc2o1. The van der Waals surface area contributed by atoms with Crippen molar-refractivity contribution in [1.82, 2.24) is 5.43 Å². The van der Waals surface area contributed by atoms with Crippen molar-refractivity contribution in [3.8, 4) is 0 Å². The summed E-state index contributed by atoms with van der Waals surface area (Å²) in [5, 5.41) is 4.70. The zero-order valence-electron chi connectivity index (χ0n) is 9.87. The smallest absolute Gasteiger partial charge is 0.307 e. The van der Waals surface area contributed by atoms with E-state index in [0.717, 1.165) is 10.9 Å². The Morgan fingerprint density at radius 2 is 2.16 bits per heavy atom. The Hall–Kier alpha value is -2.82. The molecule has 1 N–H and O–H groups in total. The Morgan fingerprint density at radius 1 is 1.26 bits per heavy atom. The standard InChI is InChI=1S/C14H10N2O3/c17-14(16-15-8-10-5-6-18-9-10)13-7-11-3-1-2-4-12(11)19-13/h1-9H,(H,16,17)/b15-8+. The highest BCUT2D eigenvalue weighted by molar-refractivity contribution is 5.96. The lowest BCUT2D eigenvalue weighted by molar-refractivity contribution is 0.0929. The molecule has 1 amide bonds. The van der Waals surface area contributed by atoms with Crippen molar-refractivity contribution in [3.63, 3.8) is 0 Å². The van der Waals surface area contributed by atoms with Crippen molar-refractivity contribution in [2.45, 2.75) is 0 Å². The summed E-state index contributed by atoms with van der Waals surface area (Å²) in [6, 6.07) is 10.8. The van der Waals surface area contributed by atoms with E-state index in [2.05, 4.69) is 10.5 Å². The quantitative estimate of drug-likeness (QED) is 0.577. The largest absolute Gasteiger partial charge is 0.472 e. The number of hydrazone groups is 1. The number of hydrogen-bond donors (Lipinski definition) is 1. The molecule has 0 saturated carbocycles. The van der Waals surface area contributed by atoms with Crippen molar-refractivity contribution in [3.05, 3.63) is 60.2 Å². The van der Waals surface area contributed by atoms with Crippen LogP contribution < -0.4 is 5.43 Å². The summed E-state index contributed by atoms with van der Waals surface area (Å²) >= 11 is 0. The highest BCUT2D eigenvalue weighted by Crippen LogP contribution is 2.18. The van der Waals surface area contributed by atoms with E-state index >= 15 is 0 Å². The maximum atomic E-state index is 11.8. The van der Waals surface area contributed by atoms with Crippen molar-refractivity contribution in [2.75, 3.05) is 0 Å². The third kappa shape index (κ3) is 2.40. The number of carbonyl (C=O) groups is 1. The first-order valence-corrected chi connectivity index (χ1v) is 5.67. The van der Waals surface area contributed by atoms with Crippen LogP contribution in [0.4, 0.5) is 0 Å². The maximum Gasteiger partial charge on any atom is 0.307 e. The molecule has 0 aliphatic rings. The Morgan fingerprint density at radius 3 is 2.95 bits per heavy atom. The molecule has 0 fully saturated rings. The van der Waals surface area contributed by atoms with Crippen molar-refractivity contribution in [2.24, 2.45) is 5.10 Å². The lowest BCUT2D eigenvalue weighted by Crippen LogP contribution is -2.16. The Kier molecular flexibility index (Phi) is 2.86. The fraction of sp³-hybridized carbons (Fsp3) is 0. The van der Waals surface area contributed by atoms with Gasteiger partial charge in [0, 0.05) is 10.9 Å². The van der Waals surface area contributed by atoms with Crippen LogP contribution in [0.15, 0.2) is 62.9 Å². The highest BCUT2D eigenvalue weighted by atomic mass is 16.3. The van der Waals surface area contributed by atoms with Crippen LogP contribution in [0.5, 0.6) is 0 Å². The molecule has 3 rings (SSSR count). The molecule has 1 aromatic carbocycles. The van der Waals surface area contributed by atoms with E-state index in [1.807, 2.05) is 18.2 Å². The summed E-state index contributed by atoms with van der Waals surface area (Å²) in [5.74, 6) is -0.165. The summed E-state index contributed by atoms with van der Waals surface area (Å²) in [5.41, 5.74) is 3.83. The fourth-order valence-electron chi connectivity index (χ4n) is 1.66. The van der Waals surface area contributed by atoms with Gasteiger partial charge in [-0.2, -0.15) is 5.10 Å². The number of nitrogens with zero attached hydrogens (tertiary/aromatic N) is 1. The Balaban J connectivity index is 1.73. The zero-order chi connectivity index (χ0) is 13.1. The van der Waals surface area contributed by atoms with Crippen LogP contribution in [0.1, 0.15) is 16.1 Å². The van der Waals surface area contributed by atoms with E-state index in [1.165, 1.54) is 18.7 Å². The minimum atomic E-state index is -0.393. The molecule has 0 aliphatic heterocycles. The Labute approximate surface area is 108 Å². The van der Waals surface area contributed by atoms with Gasteiger partial charge in [-0.1, -0.05) is 18.2 Å². The Bertz CT molecular complexity index is 693. The second-order valence-corrected chi connectivity index (χ2v) is 3.90. The number of hydrogen-bond acceptors (Lipinski definition) is 4. The molecule has 0 bridgehead atoms. The summed E-state index contributed by atoms with van der Waals surface area (Å²) in [7, 11) is 0. The van der Waals surface area contributed by atoms with E-state index < -0.39 is 5.91 Å². The number of rotatable bonds is 3. The lowest BCUT2D eigenvalue weighted by atomic mass is 10.2. The maximum absolute atomic E-state index is 11.8. The number of fused-ring (bicyclic) bond motifs is 1. The van der Waals surface area contributed by atoms with Crippen LogP contribution in [0.3, 0.4) is 0 Å². The second-order valence-electron chi connectivity index (χ2n) is 3.90. The minimum Gasteiger partial charge on any atom is -0.472 e. The lowest BCUT2D eigenvalue weighted by Gasteiger charge is -1.93. The first-order chi connectivity index (χ1) is 9.33. The molecule has 0 unspecified atom stereocenters. The summed E-state index contributed by atoms with van der Waals surface area (Å²) in [6.45, 7) is 0. The molecule has 2 heterocycles. The van der Waals surface area contributed by atoms with Crippen LogP contribution in [-0.4, -0.2) is 12.1 Å². The number of para-hydroxylation sites is 1. The van der Waals surface area contributed by atoms with Gasteiger partial charge in [-0.3, -0.25) is 4.79 Å². The van der Waals surface area contributed by atoms with E-state index in [9.17, 15) is 4.79 Å². The van der Waals surface area contributed by atoms with E-state index in [1.54, 1.807) is 18.2 Å². The third-order valence-corrected chi connectivity index (χ3v) is 2.57. The van der Waals surface area contributed by atoms with Crippen LogP contribution in [0, 0.1) is 0 Å². The number of furan rings is 2. The molecule has 0 radical (unpaired) electrons. The van der Waals surface area contributed by atoms with Crippen molar-refractivity contribution >= 4 is 23.1 Å². The van der Waals surface area contributed by atoms with Gasteiger partial charge in [-0.05, 0) is 18.2 Å². The van der Waals surface area contributed by atoms with E-state index in [-0.39, 0.29) is 5.76 Å². The molecule has 0 spiro atoms. The monoisotopic (exact) mass is 254 g/mol. The van der Waals surface area contributed by atoms with Gasteiger partial charge in [0.25, 0.3) is 0 Å². The van der Waals surface area contributed by atoms with Gasteiger partial charge in [-0.25, -0.2) is 5.43 Å². The number of carbonyl (C=O) groups excluding carboxylic acids is 1. The van der Waals surface area contributed by atoms with Gasteiger partial charge in [0.1, 0.15) is 5.58 Å². The van der Waals surface area contributed by atoms with Crippen LogP contribution >= 0.6 is 0 Å². The zero-order valence-corrected chi connectivity index (χ0v) is 9.87. The number of amides is 1. The average molecular weight is 254 g/mol. The average Bonchev–Trinajstić information content (AvgIpc) is 3.07. The molecule has 2 aromatic heterocycles. The van der Waals surface area contributed by atoms with E-state index in [4.69, 9.17) is 8.83 Å². The van der Waals surface area contributed by atoms with Crippen molar-refractivity contribution in [1.29, 1.82) is 0 Å². The van der Waals surface area contributed by atoms with Gasteiger partial charge < -0.3 is 8.83 Å². The molecule has 5 nitrogen and oxygen atoms in total. The molecule has 94 valence electrons. The van der Waals surface area contributed by atoms with Gasteiger partial charge in [0.05, 0.1) is 18.7 Å². The summed E-state index contributed by atoms with van der Waals surface area (Å²) in [4.78, 5) is 11.8. The van der Waals surface area contributed by atoms with Crippen LogP contribution in [0.2, 0.25) is 0 Å². The molecular weight excluding hydrogens is 244 g/mol. The minimum absolute atomic E-state index is 0.227. The molecule has 19 heavy (non-hydrogen) atoms. The number of nitrogens with one attached hydrogen (secondary N) is 1. The molecule has 0 saturated heterocycles. The molecule has 5 heteroatoms. The molecular formula is C14H10N2O3. The van der Waals surface area contributed by atoms with Crippen LogP contribution in [0.25, 0.3) is 11.0 Å². The predicted molar refractivity (Wildman–Crippen MR) is 70.0 cm³/mol. The topological polar surface area (TPSA) is 67.7 Å². The summed E-state index contributed by atoms with van der Waals surface area (Å²) < 4.78 is 10.3. The molecule has 3 aromatic rings. The highest BCUT2D eigenvalue weighted by Gasteiger charge is 2.10. The second kappa shape index (κ2) is 4.81. The summed E-state index contributed by atoms with van der Waals surface area (Å²) in [6.07, 6.45) is 4.54. The number of benzene rings is 1. The van der Waals surface area contributed by atoms with E-state index in [0.29, 0.717) is 5.58 Å². The molecule has 0 aliphatic carbocycles. The van der Waals surface area contributed by atoms with Gasteiger partial charge in [0.15, 0.2) is 5.76 Å². The molecule has 0 atom stereocenters. The normalized spacial score (nSPS) is 11.2.